The highest BCUT2D eigenvalue weighted by Crippen LogP contribution is 2.17. The number of hydrogen-bond donors (Lipinski definition) is 1. The van der Waals surface area contributed by atoms with Crippen molar-refractivity contribution in [3.05, 3.63) is 78.1 Å². The largest absolute Gasteiger partial charge is 0.351 e. The molecule has 1 aliphatic rings. The average molecular weight is 390 g/mol. The van der Waals surface area contributed by atoms with Crippen molar-refractivity contribution in [3.8, 4) is 0 Å². The number of piperidine rings is 1. The Balaban J connectivity index is 1.33. The maximum absolute atomic E-state index is 13.0. The van der Waals surface area contributed by atoms with Gasteiger partial charge in [-0.25, -0.2) is 4.68 Å². The first-order valence-corrected chi connectivity index (χ1v) is 10.1. The van der Waals surface area contributed by atoms with Gasteiger partial charge in [0.2, 0.25) is 5.91 Å². The number of tetrazole rings is 1. The van der Waals surface area contributed by atoms with E-state index in [1.807, 2.05) is 36.4 Å². The summed E-state index contributed by atoms with van der Waals surface area (Å²) in [6.07, 6.45) is 3.97. The Kier molecular flexibility index (Phi) is 6.26. The molecule has 0 aliphatic carbocycles. The zero-order valence-corrected chi connectivity index (χ0v) is 16.4. The predicted octanol–water partition coefficient (Wildman–Crippen LogP) is 2.24. The van der Waals surface area contributed by atoms with E-state index in [1.165, 1.54) is 11.9 Å². The summed E-state index contributed by atoms with van der Waals surface area (Å²) < 4.78 is 1.55. The van der Waals surface area contributed by atoms with Crippen molar-refractivity contribution in [1.82, 2.24) is 30.4 Å². The lowest BCUT2D eigenvalue weighted by Gasteiger charge is -2.33. The number of nitrogens with zero attached hydrogens (tertiary/aromatic N) is 5. The quantitative estimate of drug-likeness (QED) is 0.670. The lowest BCUT2D eigenvalue weighted by molar-refractivity contribution is -0.125. The molecule has 1 N–H and O–H groups in total. The van der Waals surface area contributed by atoms with Gasteiger partial charge in [-0.2, -0.15) is 0 Å². The number of benzene rings is 2. The third-order valence-electron chi connectivity index (χ3n) is 5.44. The second-order valence-electron chi connectivity index (χ2n) is 7.54. The molecular formula is C22H26N6O. The van der Waals surface area contributed by atoms with Gasteiger partial charge in [-0.3, -0.25) is 9.69 Å². The Morgan fingerprint density at radius 1 is 1.00 bits per heavy atom. The summed E-state index contributed by atoms with van der Waals surface area (Å²) in [5, 5.41) is 14.6. The molecule has 1 saturated heterocycles. The number of hydrogen-bond acceptors (Lipinski definition) is 5. The fourth-order valence-electron chi connectivity index (χ4n) is 3.83. The van der Waals surface area contributed by atoms with E-state index in [9.17, 15) is 4.79 Å². The van der Waals surface area contributed by atoms with Gasteiger partial charge >= 0.3 is 0 Å². The summed E-state index contributed by atoms with van der Waals surface area (Å²) in [5.74, 6) is -0.0253. The molecule has 7 nitrogen and oxygen atoms in total. The van der Waals surface area contributed by atoms with Gasteiger partial charge < -0.3 is 5.32 Å². The number of rotatable bonds is 7. The van der Waals surface area contributed by atoms with Crippen LogP contribution in [0.4, 0.5) is 0 Å². The Bertz CT molecular complexity index is 876. The van der Waals surface area contributed by atoms with Gasteiger partial charge in [0.15, 0.2) is 0 Å². The molecule has 150 valence electrons. The van der Waals surface area contributed by atoms with Crippen LogP contribution >= 0.6 is 0 Å². The maximum atomic E-state index is 13.0. The number of nitrogens with one attached hydrogen (secondary N) is 1. The van der Waals surface area contributed by atoms with Crippen LogP contribution in [0.1, 0.15) is 30.0 Å². The molecule has 1 aliphatic heterocycles. The molecule has 0 spiro atoms. The van der Waals surface area contributed by atoms with Crippen LogP contribution < -0.4 is 5.32 Å². The molecule has 0 radical (unpaired) electrons. The van der Waals surface area contributed by atoms with E-state index in [2.05, 4.69) is 50.0 Å². The van der Waals surface area contributed by atoms with E-state index < -0.39 is 6.04 Å². The zero-order chi connectivity index (χ0) is 19.9. The normalized spacial score (nSPS) is 16.4. The van der Waals surface area contributed by atoms with Crippen molar-refractivity contribution >= 4 is 5.91 Å². The fraction of sp³-hybridized carbons (Fsp3) is 0.364. The molecule has 1 amide bonds. The first-order valence-electron chi connectivity index (χ1n) is 10.1. The molecular weight excluding hydrogens is 364 g/mol. The van der Waals surface area contributed by atoms with E-state index >= 15 is 0 Å². The van der Waals surface area contributed by atoms with Crippen LogP contribution in [0.2, 0.25) is 0 Å². The van der Waals surface area contributed by atoms with Gasteiger partial charge in [0.25, 0.3) is 0 Å². The molecule has 0 unspecified atom stereocenters. The minimum absolute atomic E-state index is 0.0253. The third kappa shape index (κ3) is 5.26. The molecule has 29 heavy (non-hydrogen) atoms. The van der Waals surface area contributed by atoms with Crippen LogP contribution in [0.15, 0.2) is 67.0 Å². The highest BCUT2D eigenvalue weighted by atomic mass is 16.2. The summed E-state index contributed by atoms with van der Waals surface area (Å²) in [6.45, 7) is 2.92. The van der Waals surface area contributed by atoms with E-state index in [0.29, 0.717) is 6.42 Å². The highest BCUT2D eigenvalue weighted by Gasteiger charge is 2.27. The van der Waals surface area contributed by atoms with Gasteiger partial charge in [-0.05, 0) is 34.4 Å². The molecule has 0 saturated carbocycles. The predicted molar refractivity (Wildman–Crippen MR) is 110 cm³/mol. The highest BCUT2D eigenvalue weighted by molar-refractivity contribution is 5.80. The second kappa shape index (κ2) is 9.43. The van der Waals surface area contributed by atoms with Gasteiger partial charge in [0.1, 0.15) is 12.4 Å². The minimum Gasteiger partial charge on any atom is -0.351 e. The second-order valence-corrected chi connectivity index (χ2v) is 7.54. The number of likely N-dealkylation sites (tertiary alicyclic amines) is 1. The molecule has 2 aromatic carbocycles. The Morgan fingerprint density at radius 3 is 2.28 bits per heavy atom. The SMILES string of the molecule is O=C(NC1CCN(Cc2ccccc2)CC1)[C@@H](Cc1ccccc1)n1cnnn1. The lowest BCUT2D eigenvalue weighted by atomic mass is 10.0. The summed E-state index contributed by atoms with van der Waals surface area (Å²) >= 11 is 0. The van der Waals surface area contributed by atoms with E-state index in [0.717, 1.165) is 38.0 Å². The van der Waals surface area contributed by atoms with E-state index in [1.54, 1.807) is 4.68 Å². The Morgan fingerprint density at radius 2 is 1.66 bits per heavy atom. The number of carbonyl (C=O) groups excluding carboxylic acids is 1. The van der Waals surface area contributed by atoms with Gasteiger partial charge in [0.05, 0.1) is 0 Å². The molecule has 3 aromatic rings. The van der Waals surface area contributed by atoms with Crippen molar-refractivity contribution < 1.29 is 4.79 Å². The third-order valence-corrected chi connectivity index (χ3v) is 5.44. The summed E-state index contributed by atoms with van der Waals surface area (Å²) in [7, 11) is 0. The summed E-state index contributed by atoms with van der Waals surface area (Å²) in [4.78, 5) is 15.5. The fourth-order valence-corrected chi connectivity index (χ4v) is 3.83. The molecule has 7 heteroatoms. The van der Waals surface area contributed by atoms with Gasteiger partial charge in [-0.1, -0.05) is 60.7 Å². The summed E-state index contributed by atoms with van der Waals surface area (Å²) in [5.41, 5.74) is 2.41. The minimum atomic E-state index is -0.449. The number of carbonyl (C=O) groups is 1. The van der Waals surface area contributed by atoms with Gasteiger partial charge in [-0.15, -0.1) is 5.10 Å². The standard InChI is InChI=1S/C22H26N6O/c29-22(21(28-17-23-25-26-28)15-18-7-3-1-4-8-18)24-20-11-13-27(14-12-20)16-19-9-5-2-6-10-19/h1-10,17,20-21H,11-16H2,(H,24,29)/t21-/m1/s1. The average Bonchev–Trinajstić information content (AvgIpc) is 3.29. The van der Waals surface area contributed by atoms with Crippen molar-refractivity contribution in [2.24, 2.45) is 0 Å². The van der Waals surface area contributed by atoms with Crippen LogP contribution in [0, 0.1) is 0 Å². The van der Waals surface area contributed by atoms with E-state index in [-0.39, 0.29) is 11.9 Å². The van der Waals surface area contributed by atoms with Crippen molar-refractivity contribution in [1.29, 1.82) is 0 Å². The first kappa shape index (κ1) is 19.3. The summed E-state index contributed by atoms with van der Waals surface area (Å²) in [6, 6.07) is 20.2. The Labute approximate surface area is 170 Å². The van der Waals surface area contributed by atoms with Crippen LogP contribution in [-0.4, -0.2) is 50.1 Å². The van der Waals surface area contributed by atoms with Gasteiger partial charge in [0, 0.05) is 32.1 Å². The topological polar surface area (TPSA) is 75.9 Å². The smallest absolute Gasteiger partial charge is 0.245 e. The molecule has 1 fully saturated rings. The van der Waals surface area contributed by atoms with E-state index in [4.69, 9.17) is 0 Å². The number of aromatic nitrogens is 4. The van der Waals surface area contributed by atoms with Crippen molar-refractivity contribution in [2.75, 3.05) is 13.1 Å². The van der Waals surface area contributed by atoms with Crippen LogP contribution in [0.5, 0.6) is 0 Å². The van der Waals surface area contributed by atoms with Crippen LogP contribution in [0.25, 0.3) is 0 Å². The Hall–Kier alpha value is -3.06. The molecule has 1 atom stereocenters. The zero-order valence-electron chi connectivity index (χ0n) is 16.4. The molecule has 2 heterocycles. The first-order chi connectivity index (χ1) is 14.3. The monoisotopic (exact) mass is 390 g/mol. The molecule has 4 rings (SSSR count). The maximum Gasteiger partial charge on any atom is 0.245 e. The van der Waals surface area contributed by atoms with Crippen LogP contribution in [0.3, 0.4) is 0 Å². The van der Waals surface area contributed by atoms with Crippen molar-refractivity contribution in [2.45, 2.75) is 37.9 Å². The number of amides is 1. The molecule has 1 aromatic heterocycles. The lowest BCUT2D eigenvalue weighted by Crippen LogP contribution is -2.46. The van der Waals surface area contributed by atoms with Crippen LogP contribution in [-0.2, 0) is 17.8 Å². The van der Waals surface area contributed by atoms with Crippen molar-refractivity contribution in [3.63, 3.8) is 0 Å². The molecule has 0 bridgehead atoms.